The number of H-pyrrole nitrogens is 1. The van der Waals surface area contributed by atoms with Crippen LogP contribution in [0.1, 0.15) is 22.4 Å². The van der Waals surface area contributed by atoms with Crippen LogP contribution in [0, 0.1) is 0 Å². The molecule has 0 saturated carbocycles. The zero-order valence-electron chi connectivity index (χ0n) is 19.9. The Kier molecular flexibility index (Phi) is 6.56. The number of aromatic amines is 1. The number of para-hydroxylation sites is 2. The highest BCUT2D eigenvalue weighted by Crippen LogP contribution is 2.34. The van der Waals surface area contributed by atoms with Crippen LogP contribution in [0.5, 0.6) is 23.0 Å². The molecule has 9 heteroatoms. The molecule has 4 aromatic carbocycles. The summed E-state index contributed by atoms with van der Waals surface area (Å²) >= 11 is 0. The number of nitrogens with zero attached hydrogens (tertiary/aromatic N) is 3. The van der Waals surface area contributed by atoms with Gasteiger partial charge in [-0.25, -0.2) is 4.98 Å². The van der Waals surface area contributed by atoms with Crippen LogP contribution in [-0.4, -0.2) is 42.8 Å². The van der Waals surface area contributed by atoms with E-state index in [2.05, 4.69) is 20.0 Å². The third-order valence-electron chi connectivity index (χ3n) is 5.85. The molecule has 0 bridgehead atoms. The van der Waals surface area contributed by atoms with E-state index >= 15 is 0 Å². The second-order valence-electron chi connectivity index (χ2n) is 8.48. The van der Waals surface area contributed by atoms with Gasteiger partial charge in [0.1, 0.15) is 5.69 Å². The lowest BCUT2D eigenvalue weighted by molar-refractivity contribution is 0.403. The summed E-state index contributed by atoms with van der Waals surface area (Å²) in [6.45, 7) is 0. The van der Waals surface area contributed by atoms with Gasteiger partial charge in [-0.05, 0) is 42.0 Å². The van der Waals surface area contributed by atoms with Crippen molar-refractivity contribution < 1.29 is 20.4 Å². The molecule has 0 aliphatic heterocycles. The van der Waals surface area contributed by atoms with Crippen LogP contribution in [0.3, 0.4) is 0 Å². The maximum Gasteiger partial charge on any atom is 0.270 e. The summed E-state index contributed by atoms with van der Waals surface area (Å²) in [6.07, 6.45) is 3.08. The Balaban J connectivity index is 1.62. The van der Waals surface area contributed by atoms with Gasteiger partial charge in [0.25, 0.3) is 5.56 Å². The fourth-order valence-corrected chi connectivity index (χ4v) is 3.85. The summed E-state index contributed by atoms with van der Waals surface area (Å²) in [5.41, 5.74) is 3.08. The first-order valence-electron chi connectivity index (χ1n) is 11.6. The van der Waals surface area contributed by atoms with Crippen molar-refractivity contribution in [2.24, 2.45) is 9.98 Å². The highest BCUT2D eigenvalue weighted by atomic mass is 16.3. The van der Waals surface area contributed by atoms with E-state index in [4.69, 9.17) is 0 Å². The maximum absolute atomic E-state index is 12.8. The fraction of sp³-hybridized carbons (Fsp3) is 0.0345. The van der Waals surface area contributed by atoms with Gasteiger partial charge in [0.05, 0.1) is 22.4 Å². The van der Waals surface area contributed by atoms with Gasteiger partial charge >= 0.3 is 0 Å². The molecule has 5 rings (SSSR count). The third-order valence-corrected chi connectivity index (χ3v) is 5.85. The van der Waals surface area contributed by atoms with Crippen molar-refractivity contribution >= 4 is 34.8 Å². The molecule has 0 aliphatic carbocycles. The molecular weight excluding hydrogens is 484 g/mol. The quantitative estimate of drug-likeness (QED) is 0.164. The van der Waals surface area contributed by atoms with Crippen LogP contribution < -0.4 is 5.56 Å². The number of fused-ring (bicyclic) bond motifs is 1. The first-order valence-corrected chi connectivity index (χ1v) is 11.6. The molecular formula is C29H22N4O5. The standard InChI is InChI=1S/C29H22N4O5/c34-25-10-4-8-18(27(25)36)15-30-20-13-22-23(14-21(20)31-16-19-9-5-11-26(35)28(19)37)33-29(38)24(32-22)12-17-6-2-1-3-7-17/h1-11,13-16,34-37H,12H2,(H,33,38). The smallest absolute Gasteiger partial charge is 0.270 e. The lowest BCUT2D eigenvalue weighted by atomic mass is 10.1. The molecule has 1 heterocycles. The van der Waals surface area contributed by atoms with Crippen molar-refractivity contribution in [1.82, 2.24) is 9.97 Å². The Morgan fingerprint density at radius 1 is 0.737 bits per heavy atom. The van der Waals surface area contributed by atoms with Crippen molar-refractivity contribution in [3.63, 3.8) is 0 Å². The molecule has 0 atom stereocenters. The normalized spacial score (nSPS) is 11.6. The summed E-state index contributed by atoms with van der Waals surface area (Å²) in [7, 11) is 0. The van der Waals surface area contributed by atoms with Gasteiger partial charge in [-0.3, -0.25) is 14.8 Å². The number of aromatic hydroxyl groups is 4. The summed E-state index contributed by atoms with van der Waals surface area (Å²) < 4.78 is 0. The topological polar surface area (TPSA) is 151 Å². The van der Waals surface area contributed by atoms with Crippen molar-refractivity contribution in [2.45, 2.75) is 6.42 Å². The first-order chi connectivity index (χ1) is 18.4. The highest BCUT2D eigenvalue weighted by Gasteiger charge is 2.11. The van der Waals surface area contributed by atoms with E-state index in [-0.39, 0.29) is 39.7 Å². The van der Waals surface area contributed by atoms with E-state index in [1.807, 2.05) is 30.3 Å². The molecule has 38 heavy (non-hydrogen) atoms. The van der Waals surface area contributed by atoms with Gasteiger partial charge in [-0.15, -0.1) is 0 Å². The van der Waals surface area contributed by atoms with Crippen LogP contribution in [-0.2, 0) is 6.42 Å². The number of hydrogen-bond acceptors (Lipinski definition) is 8. The van der Waals surface area contributed by atoms with E-state index in [0.717, 1.165) is 5.56 Å². The Bertz CT molecular complexity index is 1760. The number of nitrogens with one attached hydrogen (secondary N) is 1. The number of hydrogen-bond donors (Lipinski definition) is 5. The van der Waals surface area contributed by atoms with Crippen LogP contribution in [0.2, 0.25) is 0 Å². The van der Waals surface area contributed by atoms with E-state index < -0.39 is 0 Å². The molecule has 188 valence electrons. The van der Waals surface area contributed by atoms with Gasteiger partial charge in [0.2, 0.25) is 0 Å². The number of rotatable bonds is 6. The minimum Gasteiger partial charge on any atom is -0.504 e. The average Bonchev–Trinajstić information content (AvgIpc) is 2.91. The van der Waals surface area contributed by atoms with Crippen molar-refractivity contribution in [3.05, 3.63) is 112 Å². The molecule has 9 nitrogen and oxygen atoms in total. The Morgan fingerprint density at radius 3 is 1.92 bits per heavy atom. The maximum atomic E-state index is 12.8. The molecule has 0 spiro atoms. The second kappa shape index (κ2) is 10.3. The summed E-state index contributed by atoms with van der Waals surface area (Å²) in [4.78, 5) is 29.1. The first kappa shape index (κ1) is 24.3. The number of benzene rings is 4. The van der Waals surface area contributed by atoms with Gasteiger partial charge in [0, 0.05) is 30.0 Å². The van der Waals surface area contributed by atoms with Gasteiger partial charge in [-0.2, -0.15) is 0 Å². The highest BCUT2D eigenvalue weighted by molar-refractivity contribution is 5.93. The Hall–Kier alpha value is -5.44. The fourth-order valence-electron chi connectivity index (χ4n) is 3.85. The van der Waals surface area contributed by atoms with Crippen LogP contribution >= 0.6 is 0 Å². The predicted molar refractivity (Wildman–Crippen MR) is 146 cm³/mol. The Labute approximate surface area is 216 Å². The minimum atomic E-state index is -0.331. The molecule has 0 fully saturated rings. The number of phenols is 4. The molecule has 0 unspecified atom stereocenters. The number of aromatic nitrogens is 2. The lowest BCUT2D eigenvalue weighted by Crippen LogP contribution is -2.15. The second-order valence-corrected chi connectivity index (χ2v) is 8.48. The molecule has 0 radical (unpaired) electrons. The van der Waals surface area contributed by atoms with E-state index in [1.54, 1.807) is 36.4 Å². The van der Waals surface area contributed by atoms with Crippen LogP contribution in [0.15, 0.2) is 93.6 Å². The summed E-state index contributed by atoms with van der Waals surface area (Å²) in [5.74, 6) is -1.22. The lowest BCUT2D eigenvalue weighted by Gasteiger charge is -2.07. The van der Waals surface area contributed by atoms with E-state index in [1.165, 1.54) is 24.6 Å². The number of aliphatic imine (C=N–C) groups is 2. The average molecular weight is 507 g/mol. The van der Waals surface area contributed by atoms with Crippen LogP contribution in [0.4, 0.5) is 11.4 Å². The number of phenolic OH excluding ortho intramolecular Hbond substituents is 4. The molecule has 0 saturated heterocycles. The largest absolute Gasteiger partial charge is 0.504 e. The molecule has 0 amide bonds. The third kappa shape index (κ3) is 5.07. The SMILES string of the molecule is O=c1[nH]c2cc(N=Cc3cccc(O)c3O)c(N=Cc3cccc(O)c3O)cc2nc1Cc1ccccc1. The van der Waals surface area contributed by atoms with Crippen molar-refractivity contribution in [3.8, 4) is 23.0 Å². The van der Waals surface area contributed by atoms with Gasteiger partial charge in [0.15, 0.2) is 23.0 Å². The summed E-state index contributed by atoms with van der Waals surface area (Å²) in [6, 6.07) is 21.8. The Morgan fingerprint density at radius 2 is 1.32 bits per heavy atom. The van der Waals surface area contributed by atoms with Crippen LogP contribution in [0.25, 0.3) is 11.0 Å². The van der Waals surface area contributed by atoms with Crippen molar-refractivity contribution in [1.29, 1.82) is 0 Å². The summed E-state index contributed by atoms with van der Waals surface area (Å²) in [5, 5.41) is 39.9. The van der Waals surface area contributed by atoms with Crippen molar-refractivity contribution in [2.75, 3.05) is 0 Å². The van der Waals surface area contributed by atoms with Gasteiger partial charge in [-0.1, -0.05) is 42.5 Å². The molecule has 5 N–H and O–H groups in total. The van der Waals surface area contributed by atoms with Gasteiger partial charge < -0.3 is 25.4 Å². The molecule has 5 aromatic rings. The molecule has 1 aromatic heterocycles. The molecule has 0 aliphatic rings. The predicted octanol–water partition coefficient (Wildman–Crippen LogP) is 4.84. The van der Waals surface area contributed by atoms with E-state index in [0.29, 0.717) is 34.5 Å². The minimum absolute atomic E-state index is 0.274. The zero-order chi connectivity index (χ0) is 26.6. The van der Waals surface area contributed by atoms with E-state index in [9.17, 15) is 25.2 Å². The monoisotopic (exact) mass is 506 g/mol. The zero-order valence-corrected chi connectivity index (χ0v) is 19.9.